The number of hydrogen-bond donors (Lipinski definition) is 2. The Kier molecular flexibility index (Phi) is 2.00. The van der Waals surface area contributed by atoms with Gasteiger partial charge in [0.2, 0.25) is 0 Å². The second kappa shape index (κ2) is 3.38. The van der Waals surface area contributed by atoms with Gasteiger partial charge in [-0.3, -0.25) is 0 Å². The van der Waals surface area contributed by atoms with Gasteiger partial charge in [-0.15, -0.1) is 0 Å². The van der Waals surface area contributed by atoms with Crippen LogP contribution in [0.1, 0.15) is 24.6 Å². The number of fused-ring (bicyclic) bond motifs is 1. The Morgan fingerprint density at radius 2 is 2.12 bits per heavy atom. The maximum absolute atomic E-state index is 13.1. The fourth-order valence-electron chi connectivity index (χ4n) is 1.75. The summed E-state index contributed by atoms with van der Waals surface area (Å²) in [5.74, 6) is 6.85. The number of nitrogens with one attached hydrogen (secondary N) is 1. The Morgan fingerprint density at radius 3 is 2.81 bits per heavy atom. The summed E-state index contributed by atoms with van der Waals surface area (Å²) in [4.78, 5) is 8.70. The van der Waals surface area contributed by atoms with E-state index in [9.17, 15) is 4.39 Å². The van der Waals surface area contributed by atoms with Crippen molar-refractivity contribution in [2.75, 3.05) is 5.43 Å². The summed E-state index contributed by atoms with van der Waals surface area (Å²) in [6, 6.07) is 4.42. The molecule has 5 heteroatoms. The zero-order chi connectivity index (χ0) is 11.1. The molecule has 1 saturated carbocycles. The molecule has 1 aromatic heterocycles. The molecule has 3 N–H and O–H groups in total. The fraction of sp³-hybridized carbons (Fsp3) is 0.273. The molecular weight excluding hydrogens is 207 g/mol. The highest BCUT2D eigenvalue weighted by Crippen LogP contribution is 2.39. The molecule has 1 aliphatic rings. The lowest BCUT2D eigenvalue weighted by molar-refractivity contribution is 0.629. The number of nitrogen functional groups attached to an aromatic ring is 1. The van der Waals surface area contributed by atoms with Crippen LogP contribution in [0.5, 0.6) is 0 Å². The minimum Gasteiger partial charge on any atom is -0.308 e. The van der Waals surface area contributed by atoms with Gasteiger partial charge in [0, 0.05) is 17.4 Å². The van der Waals surface area contributed by atoms with Crippen molar-refractivity contribution in [2.45, 2.75) is 18.8 Å². The normalized spacial score (nSPS) is 15.4. The van der Waals surface area contributed by atoms with Gasteiger partial charge in [-0.25, -0.2) is 20.2 Å². The van der Waals surface area contributed by atoms with Crippen LogP contribution in [-0.4, -0.2) is 9.97 Å². The SMILES string of the molecule is NNc1nc(C2CC2)nc2cc(F)ccc12. The number of hydrazine groups is 1. The third kappa shape index (κ3) is 1.49. The number of halogens is 1. The minimum absolute atomic E-state index is 0.295. The van der Waals surface area contributed by atoms with Gasteiger partial charge in [-0.2, -0.15) is 0 Å². The highest BCUT2D eigenvalue weighted by atomic mass is 19.1. The molecule has 4 nitrogen and oxygen atoms in total. The van der Waals surface area contributed by atoms with E-state index < -0.39 is 0 Å². The topological polar surface area (TPSA) is 63.8 Å². The Hall–Kier alpha value is -1.75. The lowest BCUT2D eigenvalue weighted by atomic mass is 10.2. The number of anilines is 1. The van der Waals surface area contributed by atoms with E-state index in [-0.39, 0.29) is 5.82 Å². The largest absolute Gasteiger partial charge is 0.308 e. The van der Waals surface area contributed by atoms with E-state index in [4.69, 9.17) is 5.84 Å². The van der Waals surface area contributed by atoms with E-state index in [2.05, 4.69) is 15.4 Å². The van der Waals surface area contributed by atoms with E-state index in [1.165, 1.54) is 12.1 Å². The Labute approximate surface area is 91.7 Å². The summed E-state index contributed by atoms with van der Waals surface area (Å²) in [6.45, 7) is 0. The molecule has 0 unspecified atom stereocenters. The monoisotopic (exact) mass is 218 g/mol. The van der Waals surface area contributed by atoms with Crippen molar-refractivity contribution < 1.29 is 4.39 Å². The Bertz CT molecular complexity index is 551. The van der Waals surface area contributed by atoms with E-state index >= 15 is 0 Å². The van der Waals surface area contributed by atoms with Gasteiger partial charge in [0.05, 0.1) is 5.52 Å². The van der Waals surface area contributed by atoms with E-state index in [0.717, 1.165) is 24.1 Å². The second-order valence-corrected chi connectivity index (χ2v) is 4.01. The molecule has 0 amide bonds. The molecule has 0 saturated heterocycles. The van der Waals surface area contributed by atoms with Crippen molar-refractivity contribution in [3.8, 4) is 0 Å². The molecule has 3 rings (SSSR count). The van der Waals surface area contributed by atoms with Crippen LogP contribution in [0, 0.1) is 5.82 Å². The molecule has 1 aliphatic carbocycles. The molecule has 0 aliphatic heterocycles. The quantitative estimate of drug-likeness (QED) is 0.597. The van der Waals surface area contributed by atoms with Crippen molar-refractivity contribution in [1.29, 1.82) is 0 Å². The number of benzene rings is 1. The van der Waals surface area contributed by atoms with Crippen molar-refractivity contribution in [1.82, 2.24) is 9.97 Å². The predicted octanol–water partition coefficient (Wildman–Crippen LogP) is 1.93. The van der Waals surface area contributed by atoms with Crippen LogP contribution in [0.25, 0.3) is 10.9 Å². The zero-order valence-electron chi connectivity index (χ0n) is 8.57. The maximum Gasteiger partial charge on any atom is 0.151 e. The van der Waals surface area contributed by atoms with Gasteiger partial charge in [-0.05, 0) is 25.0 Å². The van der Waals surface area contributed by atoms with E-state index in [1.54, 1.807) is 6.07 Å². The standard InChI is InChI=1S/C11H11FN4/c12-7-3-4-8-9(5-7)14-10(6-1-2-6)15-11(8)16-13/h3-6H,1-2,13H2,(H,14,15,16). The highest BCUT2D eigenvalue weighted by molar-refractivity contribution is 5.88. The van der Waals surface area contributed by atoms with Crippen LogP contribution < -0.4 is 11.3 Å². The van der Waals surface area contributed by atoms with Crippen LogP contribution in [0.3, 0.4) is 0 Å². The third-order valence-corrected chi connectivity index (χ3v) is 2.76. The van der Waals surface area contributed by atoms with E-state index in [1.807, 2.05) is 0 Å². The first-order valence-electron chi connectivity index (χ1n) is 5.22. The highest BCUT2D eigenvalue weighted by Gasteiger charge is 2.27. The van der Waals surface area contributed by atoms with Crippen molar-refractivity contribution in [2.24, 2.45) is 5.84 Å². The molecule has 16 heavy (non-hydrogen) atoms. The van der Waals surface area contributed by atoms with Gasteiger partial charge in [0.15, 0.2) is 5.82 Å². The average Bonchev–Trinajstić information content (AvgIpc) is 3.10. The lowest BCUT2D eigenvalue weighted by Gasteiger charge is -2.07. The Morgan fingerprint density at radius 1 is 1.31 bits per heavy atom. The van der Waals surface area contributed by atoms with Crippen LogP contribution in [0.2, 0.25) is 0 Å². The van der Waals surface area contributed by atoms with Crippen LogP contribution in [0.4, 0.5) is 10.2 Å². The summed E-state index contributed by atoms with van der Waals surface area (Å²) >= 11 is 0. The van der Waals surface area contributed by atoms with Crippen molar-refractivity contribution in [3.63, 3.8) is 0 Å². The molecule has 1 fully saturated rings. The first kappa shape index (κ1) is 9.47. The molecule has 1 heterocycles. The van der Waals surface area contributed by atoms with Gasteiger partial charge in [0.25, 0.3) is 0 Å². The molecular formula is C11H11FN4. The summed E-state index contributed by atoms with van der Waals surface area (Å²) in [7, 11) is 0. The lowest BCUT2D eigenvalue weighted by Crippen LogP contribution is -2.11. The minimum atomic E-state index is -0.295. The molecule has 0 radical (unpaired) electrons. The van der Waals surface area contributed by atoms with Gasteiger partial charge < -0.3 is 5.43 Å². The predicted molar refractivity (Wildman–Crippen MR) is 59.3 cm³/mol. The van der Waals surface area contributed by atoms with Crippen LogP contribution in [-0.2, 0) is 0 Å². The zero-order valence-corrected chi connectivity index (χ0v) is 8.57. The van der Waals surface area contributed by atoms with Gasteiger partial charge in [-0.1, -0.05) is 0 Å². The molecule has 0 atom stereocenters. The van der Waals surface area contributed by atoms with Crippen LogP contribution >= 0.6 is 0 Å². The van der Waals surface area contributed by atoms with Crippen molar-refractivity contribution >= 4 is 16.7 Å². The first-order chi connectivity index (χ1) is 7.78. The summed E-state index contributed by atoms with van der Waals surface area (Å²) in [5.41, 5.74) is 3.14. The number of aromatic nitrogens is 2. The number of nitrogens with zero attached hydrogens (tertiary/aromatic N) is 2. The molecule has 2 aromatic rings. The van der Waals surface area contributed by atoms with E-state index in [0.29, 0.717) is 17.3 Å². The maximum atomic E-state index is 13.1. The van der Waals surface area contributed by atoms with Crippen molar-refractivity contribution in [3.05, 3.63) is 29.8 Å². The third-order valence-electron chi connectivity index (χ3n) is 2.76. The van der Waals surface area contributed by atoms with Gasteiger partial charge in [0.1, 0.15) is 11.6 Å². The second-order valence-electron chi connectivity index (χ2n) is 4.01. The van der Waals surface area contributed by atoms with Crippen LogP contribution in [0.15, 0.2) is 18.2 Å². The Balaban J connectivity index is 2.26. The summed E-state index contributed by atoms with van der Waals surface area (Å²) in [6.07, 6.45) is 2.20. The summed E-state index contributed by atoms with van der Waals surface area (Å²) in [5, 5.41) is 0.744. The molecule has 0 spiro atoms. The fourth-order valence-corrected chi connectivity index (χ4v) is 1.75. The molecule has 0 bridgehead atoms. The number of hydrogen-bond acceptors (Lipinski definition) is 4. The first-order valence-corrected chi connectivity index (χ1v) is 5.22. The smallest absolute Gasteiger partial charge is 0.151 e. The number of nitrogens with two attached hydrogens (primary N) is 1. The number of rotatable bonds is 2. The van der Waals surface area contributed by atoms with Gasteiger partial charge >= 0.3 is 0 Å². The average molecular weight is 218 g/mol. The molecule has 82 valence electrons. The molecule has 1 aromatic carbocycles. The summed E-state index contributed by atoms with van der Waals surface area (Å²) < 4.78 is 13.1.